The van der Waals surface area contributed by atoms with Crippen LogP contribution in [0.4, 0.5) is 5.82 Å². The van der Waals surface area contributed by atoms with Gasteiger partial charge < -0.3 is 5.32 Å². The van der Waals surface area contributed by atoms with Crippen LogP contribution in [-0.2, 0) is 0 Å². The molecule has 3 nitrogen and oxygen atoms in total. The Morgan fingerprint density at radius 1 is 1.42 bits per heavy atom. The molecule has 0 saturated heterocycles. The Morgan fingerprint density at radius 2 is 2.17 bits per heavy atom. The molecular weight excluding hydrogens is 150 g/mol. The number of nitrogens with one attached hydrogen (secondary N) is 1. The van der Waals surface area contributed by atoms with Crippen LogP contribution in [0.3, 0.4) is 0 Å². The van der Waals surface area contributed by atoms with E-state index >= 15 is 0 Å². The summed E-state index contributed by atoms with van der Waals surface area (Å²) in [6, 6.07) is 4.34. The van der Waals surface area contributed by atoms with Gasteiger partial charge in [0.2, 0.25) is 0 Å². The lowest BCUT2D eigenvalue weighted by Crippen LogP contribution is -2.17. The number of hydrogen-bond acceptors (Lipinski definition) is 3. The molecule has 0 amide bonds. The van der Waals surface area contributed by atoms with E-state index in [9.17, 15) is 0 Å². The lowest BCUT2D eigenvalue weighted by Gasteiger charge is -2.13. The molecule has 1 aromatic rings. The van der Waals surface area contributed by atoms with Crippen LogP contribution >= 0.6 is 0 Å². The Morgan fingerprint density at radius 3 is 2.67 bits per heavy atom. The first-order valence-electron chi connectivity index (χ1n) is 4.41. The zero-order valence-electron chi connectivity index (χ0n) is 7.62. The van der Waals surface area contributed by atoms with Gasteiger partial charge in [-0.1, -0.05) is 13.8 Å². The van der Waals surface area contributed by atoms with E-state index < -0.39 is 0 Å². The molecule has 0 fully saturated rings. The molecule has 1 aromatic heterocycles. The molecule has 0 aliphatic heterocycles. The maximum absolute atomic E-state index is 3.95. The summed E-state index contributed by atoms with van der Waals surface area (Å²) >= 11 is 0. The highest BCUT2D eigenvalue weighted by Crippen LogP contribution is 2.06. The van der Waals surface area contributed by atoms with Crippen LogP contribution in [0.15, 0.2) is 18.3 Å². The van der Waals surface area contributed by atoms with Crippen molar-refractivity contribution in [3.63, 3.8) is 0 Å². The lowest BCUT2D eigenvalue weighted by molar-refractivity contribution is 0.666. The molecule has 0 spiro atoms. The molecule has 3 heteroatoms. The number of nitrogens with zero attached hydrogens (tertiary/aromatic N) is 2. The monoisotopic (exact) mass is 165 g/mol. The van der Waals surface area contributed by atoms with Crippen molar-refractivity contribution in [1.82, 2.24) is 10.2 Å². The molecule has 0 saturated carbocycles. The molecule has 0 atom stereocenters. The van der Waals surface area contributed by atoms with Crippen LogP contribution in [0.5, 0.6) is 0 Å². The first-order valence-corrected chi connectivity index (χ1v) is 4.41. The topological polar surface area (TPSA) is 37.8 Å². The molecular formula is C9H15N3. The normalized spacial score (nSPS) is 10.2. The molecule has 0 aromatic carbocycles. The third kappa shape index (κ3) is 2.49. The van der Waals surface area contributed by atoms with Gasteiger partial charge in [-0.05, 0) is 25.0 Å². The Kier molecular flexibility index (Phi) is 3.51. The maximum Gasteiger partial charge on any atom is 0.148 e. The van der Waals surface area contributed by atoms with E-state index in [1.54, 1.807) is 6.20 Å². The van der Waals surface area contributed by atoms with Crippen molar-refractivity contribution in [3.05, 3.63) is 18.3 Å². The summed E-state index contributed by atoms with van der Waals surface area (Å²) in [6.07, 6.45) is 3.91. The van der Waals surface area contributed by atoms with Crippen molar-refractivity contribution < 1.29 is 0 Å². The Bertz CT molecular complexity index is 206. The van der Waals surface area contributed by atoms with Gasteiger partial charge in [0.25, 0.3) is 0 Å². The van der Waals surface area contributed by atoms with Gasteiger partial charge in [0.15, 0.2) is 0 Å². The zero-order chi connectivity index (χ0) is 8.81. The molecule has 12 heavy (non-hydrogen) atoms. The molecule has 1 heterocycles. The third-order valence-electron chi connectivity index (χ3n) is 1.91. The quantitative estimate of drug-likeness (QED) is 0.742. The highest BCUT2D eigenvalue weighted by atomic mass is 15.2. The fourth-order valence-corrected chi connectivity index (χ4v) is 1.08. The van der Waals surface area contributed by atoms with Crippen LogP contribution in [0.2, 0.25) is 0 Å². The summed E-state index contributed by atoms with van der Waals surface area (Å²) in [7, 11) is 0. The predicted octanol–water partition coefficient (Wildman–Crippen LogP) is 2.08. The first-order chi connectivity index (χ1) is 5.86. The minimum atomic E-state index is 0.515. The lowest BCUT2D eigenvalue weighted by atomic mass is 10.2. The molecule has 1 N–H and O–H groups in total. The number of rotatable bonds is 4. The largest absolute Gasteiger partial charge is 0.366 e. The van der Waals surface area contributed by atoms with Crippen molar-refractivity contribution in [2.24, 2.45) is 0 Å². The molecule has 0 bridgehead atoms. The van der Waals surface area contributed by atoms with Crippen molar-refractivity contribution in [1.29, 1.82) is 0 Å². The molecule has 0 aliphatic rings. The van der Waals surface area contributed by atoms with Crippen LogP contribution in [0.25, 0.3) is 0 Å². The van der Waals surface area contributed by atoms with Gasteiger partial charge in [-0.2, -0.15) is 5.10 Å². The average Bonchev–Trinajstić information content (AvgIpc) is 2.16. The SMILES string of the molecule is CCC(CC)Nc1cccnn1. The van der Waals surface area contributed by atoms with Gasteiger partial charge >= 0.3 is 0 Å². The summed E-state index contributed by atoms with van der Waals surface area (Å²) < 4.78 is 0. The van der Waals surface area contributed by atoms with E-state index in [1.807, 2.05) is 12.1 Å². The zero-order valence-corrected chi connectivity index (χ0v) is 7.62. The van der Waals surface area contributed by atoms with Crippen LogP contribution in [0, 0.1) is 0 Å². The summed E-state index contributed by atoms with van der Waals surface area (Å²) in [6.45, 7) is 4.33. The van der Waals surface area contributed by atoms with Crippen molar-refractivity contribution in [3.8, 4) is 0 Å². The molecule has 1 rings (SSSR count). The summed E-state index contributed by atoms with van der Waals surface area (Å²) in [5.74, 6) is 0.867. The van der Waals surface area contributed by atoms with Crippen molar-refractivity contribution in [2.45, 2.75) is 32.7 Å². The smallest absolute Gasteiger partial charge is 0.148 e. The second-order valence-corrected chi connectivity index (χ2v) is 2.77. The van der Waals surface area contributed by atoms with Crippen molar-refractivity contribution >= 4 is 5.82 Å². The van der Waals surface area contributed by atoms with E-state index in [0.717, 1.165) is 18.7 Å². The fourth-order valence-electron chi connectivity index (χ4n) is 1.08. The van der Waals surface area contributed by atoms with Gasteiger partial charge in [0, 0.05) is 12.2 Å². The Hall–Kier alpha value is -1.12. The Balaban J connectivity index is 2.51. The van der Waals surface area contributed by atoms with Crippen LogP contribution < -0.4 is 5.32 Å². The van der Waals surface area contributed by atoms with E-state index in [0.29, 0.717) is 6.04 Å². The van der Waals surface area contributed by atoms with E-state index in [-0.39, 0.29) is 0 Å². The summed E-state index contributed by atoms with van der Waals surface area (Å²) in [5.41, 5.74) is 0. The van der Waals surface area contributed by atoms with Crippen LogP contribution in [0.1, 0.15) is 26.7 Å². The minimum absolute atomic E-state index is 0.515. The average molecular weight is 165 g/mol. The number of hydrogen-bond donors (Lipinski definition) is 1. The second kappa shape index (κ2) is 4.70. The number of aromatic nitrogens is 2. The highest BCUT2D eigenvalue weighted by molar-refractivity contribution is 5.32. The third-order valence-corrected chi connectivity index (χ3v) is 1.91. The number of anilines is 1. The molecule has 66 valence electrons. The van der Waals surface area contributed by atoms with Crippen molar-refractivity contribution in [2.75, 3.05) is 5.32 Å². The van der Waals surface area contributed by atoms with Gasteiger partial charge in [0.05, 0.1) is 0 Å². The highest BCUT2D eigenvalue weighted by Gasteiger charge is 2.02. The molecule has 0 unspecified atom stereocenters. The predicted molar refractivity (Wildman–Crippen MR) is 50.0 cm³/mol. The van der Waals surface area contributed by atoms with E-state index in [1.165, 1.54) is 0 Å². The Labute approximate surface area is 73.2 Å². The summed E-state index contributed by atoms with van der Waals surface area (Å²) in [4.78, 5) is 0. The molecule has 0 aliphatic carbocycles. The maximum atomic E-state index is 3.95. The summed E-state index contributed by atoms with van der Waals surface area (Å²) in [5, 5.41) is 11.1. The van der Waals surface area contributed by atoms with Gasteiger partial charge in [-0.15, -0.1) is 5.10 Å². The van der Waals surface area contributed by atoms with E-state index in [2.05, 4.69) is 29.4 Å². The first kappa shape index (κ1) is 8.97. The second-order valence-electron chi connectivity index (χ2n) is 2.77. The van der Waals surface area contributed by atoms with Crippen LogP contribution in [-0.4, -0.2) is 16.2 Å². The van der Waals surface area contributed by atoms with E-state index in [4.69, 9.17) is 0 Å². The van der Waals surface area contributed by atoms with Gasteiger partial charge in [-0.3, -0.25) is 0 Å². The fraction of sp³-hybridized carbons (Fsp3) is 0.556. The minimum Gasteiger partial charge on any atom is -0.366 e. The van der Waals surface area contributed by atoms with Gasteiger partial charge in [-0.25, -0.2) is 0 Å². The standard InChI is InChI=1S/C9H15N3/c1-3-8(4-2)11-9-6-5-7-10-12-9/h5-8H,3-4H2,1-2H3,(H,11,12). The van der Waals surface area contributed by atoms with Gasteiger partial charge in [0.1, 0.15) is 5.82 Å². The molecule has 0 radical (unpaired) electrons.